The van der Waals surface area contributed by atoms with Crippen LogP contribution in [0, 0.1) is 5.92 Å². The van der Waals surface area contributed by atoms with Gasteiger partial charge in [-0.2, -0.15) is 0 Å². The molecule has 2 aromatic rings. The first-order valence-corrected chi connectivity index (χ1v) is 6.04. The van der Waals surface area contributed by atoms with Crippen molar-refractivity contribution < 1.29 is 9.84 Å². The fraction of sp³-hybridized carbons (Fsp3) is 0.500. The number of hydrogen-bond acceptors (Lipinski definition) is 5. The number of nitrogen functional groups attached to an aromatic ring is 1. The Balaban J connectivity index is 2.02. The highest BCUT2D eigenvalue weighted by atomic mass is 16.5. The van der Waals surface area contributed by atoms with Gasteiger partial charge in [-0.25, -0.2) is 9.97 Å². The van der Waals surface area contributed by atoms with Gasteiger partial charge < -0.3 is 20.1 Å². The molecule has 2 aromatic heterocycles. The lowest BCUT2D eigenvalue weighted by Crippen LogP contribution is -2.15. The average Bonchev–Trinajstić information content (AvgIpc) is 2.93. The second kappa shape index (κ2) is 4.22. The zero-order valence-corrected chi connectivity index (χ0v) is 10.2. The number of rotatable bonds is 2. The van der Waals surface area contributed by atoms with E-state index in [4.69, 9.17) is 10.5 Å². The van der Waals surface area contributed by atoms with Gasteiger partial charge in [-0.05, 0) is 12.5 Å². The van der Waals surface area contributed by atoms with E-state index in [9.17, 15) is 5.11 Å². The minimum absolute atomic E-state index is 0.0527. The molecular formula is C12H16N4O2. The van der Waals surface area contributed by atoms with Crippen molar-refractivity contribution in [3.8, 4) is 0 Å². The highest BCUT2D eigenvalue weighted by Gasteiger charge is 2.33. The molecule has 0 bridgehead atoms. The van der Waals surface area contributed by atoms with Crippen LogP contribution in [0.5, 0.6) is 0 Å². The van der Waals surface area contributed by atoms with Crippen molar-refractivity contribution in [1.82, 2.24) is 14.5 Å². The topological polar surface area (TPSA) is 86.2 Å². The highest BCUT2D eigenvalue weighted by Crippen LogP contribution is 2.36. The van der Waals surface area contributed by atoms with Gasteiger partial charge in [0.2, 0.25) is 0 Å². The molecule has 1 aliphatic rings. The van der Waals surface area contributed by atoms with Crippen molar-refractivity contribution in [2.45, 2.75) is 25.7 Å². The van der Waals surface area contributed by atoms with Crippen molar-refractivity contribution >= 4 is 16.9 Å². The summed E-state index contributed by atoms with van der Waals surface area (Å²) >= 11 is 0. The molecule has 0 saturated carbocycles. The van der Waals surface area contributed by atoms with Crippen LogP contribution in [0.1, 0.15) is 19.6 Å². The molecule has 3 N–H and O–H groups in total. The largest absolute Gasteiger partial charge is 0.394 e. The van der Waals surface area contributed by atoms with E-state index < -0.39 is 0 Å². The van der Waals surface area contributed by atoms with Crippen LogP contribution in [-0.4, -0.2) is 32.4 Å². The summed E-state index contributed by atoms with van der Waals surface area (Å²) in [6.07, 6.45) is 4.02. The zero-order valence-electron chi connectivity index (χ0n) is 10.2. The molecule has 0 aliphatic carbocycles. The molecule has 96 valence electrons. The molecule has 18 heavy (non-hydrogen) atoms. The number of aliphatic hydroxyl groups is 1. The Morgan fingerprint density at radius 3 is 3.11 bits per heavy atom. The van der Waals surface area contributed by atoms with Crippen molar-refractivity contribution in [3.63, 3.8) is 0 Å². The summed E-state index contributed by atoms with van der Waals surface area (Å²) in [7, 11) is 0. The van der Waals surface area contributed by atoms with Gasteiger partial charge in [-0.3, -0.25) is 0 Å². The van der Waals surface area contributed by atoms with E-state index in [2.05, 4.69) is 16.9 Å². The van der Waals surface area contributed by atoms with Gasteiger partial charge in [-0.15, -0.1) is 0 Å². The first-order chi connectivity index (χ1) is 8.70. The number of aliphatic hydroxyl groups excluding tert-OH is 1. The molecule has 1 aliphatic heterocycles. The molecule has 6 nitrogen and oxygen atoms in total. The zero-order chi connectivity index (χ0) is 12.7. The fourth-order valence-corrected chi connectivity index (χ4v) is 2.57. The Morgan fingerprint density at radius 2 is 2.39 bits per heavy atom. The summed E-state index contributed by atoms with van der Waals surface area (Å²) in [4.78, 5) is 8.23. The Bertz CT molecular complexity index is 568. The maximum Gasteiger partial charge on any atom is 0.147 e. The standard InChI is InChI=1S/C12H16N4O2/c1-7-4-8(5-17)18-12(7)16-3-2-9-10(13)14-6-15-11(9)16/h2-3,6-8,12,17H,4-5H2,1H3,(H2,13,14,15)/t7?,8-,12+/m0/s1. The summed E-state index contributed by atoms with van der Waals surface area (Å²) in [6.45, 7) is 2.16. The van der Waals surface area contributed by atoms with Gasteiger partial charge >= 0.3 is 0 Å². The number of hydrogen-bond donors (Lipinski definition) is 2. The van der Waals surface area contributed by atoms with E-state index in [-0.39, 0.29) is 18.9 Å². The molecular weight excluding hydrogens is 232 g/mol. The molecule has 3 rings (SSSR count). The van der Waals surface area contributed by atoms with E-state index in [0.29, 0.717) is 11.7 Å². The number of fused-ring (bicyclic) bond motifs is 1. The van der Waals surface area contributed by atoms with Crippen LogP contribution in [0.3, 0.4) is 0 Å². The number of nitrogens with two attached hydrogens (primary N) is 1. The molecule has 0 spiro atoms. The summed E-state index contributed by atoms with van der Waals surface area (Å²) in [5.41, 5.74) is 6.59. The Kier molecular flexibility index (Phi) is 2.68. The third kappa shape index (κ3) is 1.65. The summed E-state index contributed by atoms with van der Waals surface area (Å²) in [6, 6.07) is 1.90. The molecule has 1 unspecified atom stereocenters. The van der Waals surface area contributed by atoms with Gasteiger partial charge in [0.15, 0.2) is 0 Å². The van der Waals surface area contributed by atoms with Crippen LogP contribution >= 0.6 is 0 Å². The lowest BCUT2D eigenvalue weighted by atomic mass is 10.1. The Morgan fingerprint density at radius 1 is 1.56 bits per heavy atom. The summed E-state index contributed by atoms with van der Waals surface area (Å²) < 4.78 is 7.79. The molecule has 6 heteroatoms. The van der Waals surface area contributed by atoms with E-state index in [0.717, 1.165) is 17.5 Å². The smallest absolute Gasteiger partial charge is 0.147 e. The van der Waals surface area contributed by atoms with Gasteiger partial charge in [0.05, 0.1) is 18.1 Å². The maximum atomic E-state index is 9.18. The molecule has 0 radical (unpaired) electrons. The second-order valence-electron chi connectivity index (χ2n) is 4.76. The third-order valence-electron chi connectivity index (χ3n) is 3.47. The van der Waals surface area contributed by atoms with Crippen molar-refractivity contribution in [2.24, 2.45) is 5.92 Å². The molecule has 1 saturated heterocycles. The molecule has 0 aromatic carbocycles. The maximum absolute atomic E-state index is 9.18. The normalized spacial score (nSPS) is 28.0. The van der Waals surface area contributed by atoms with Gasteiger partial charge in [0.25, 0.3) is 0 Å². The molecule has 1 fully saturated rings. The van der Waals surface area contributed by atoms with Crippen LogP contribution < -0.4 is 5.73 Å². The van der Waals surface area contributed by atoms with Gasteiger partial charge in [0, 0.05) is 12.1 Å². The van der Waals surface area contributed by atoms with Crippen LogP contribution in [0.15, 0.2) is 18.6 Å². The van der Waals surface area contributed by atoms with Crippen molar-refractivity contribution in [2.75, 3.05) is 12.3 Å². The van der Waals surface area contributed by atoms with Crippen molar-refractivity contribution in [1.29, 1.82) is 0 Å². The summed E-state index contributed by atoms with van der Waals surface area (Å²) in [5, 5.41) is 10.0. The minimum atomic E-state index is -0.103. The monoisotopic (exact) mass is 248 g/mol. The lowest BCUT2D eigenvalue weighted by Gasteiger charge is -2.18. The predicted octanol–water partition coefficient (Wildman–Crippen LogP) is 0.929. The lowest BCUT2D eigenvalue weighted by molar-refractivity contribution is -0.0291. The first-order valence-electron chi connectivity index (χ1n) is 6.04. The highest BCUT2D eigenvalue weighted by molar-refractivity contribution is 5.86. The van der Waals surface area contributed by atoms with E-state index in [1.54, 1.807) is 0 Å². The summed E-state index contributed by atoms with van der Waals surface area (Å²) in [5.74, 6) is 0.803. The average molecular weight is 248 g/mol. The first kappa shape index (κ1) is 11.4. The second-order valence-corrected chi connectivity index (χ2v) is 4.76. The number of nitrogens with zero attached hydrogens (tertiary/aromatic N) is 3. The van der Waals surface area contributed by atoms with Crippen LogP contribution in [0.4, 0.5) is 5.82 Å². The number of aromatic nitrogens is 3. The SMILES string of the molecule is CC1C[C@@H](CO)O[C@H]1n1ccc2c(N)ncnc21. The number of anilines is 1. The van der Waals surface area contributed by atoms with Gasteiger partial charge in [-0.1, -0.05) is 6.92 Å². The fourth-order valence-electron chi connectivity index (χ4n) is 2.57. The molecule has 3 heterocycles. The van der Waals surface area contributed by atoms with E-state index >= 15 is 0 Å². The van der Waals surface area contributed by atoms with Gasteiger partial charge in [0.1, 0.15) is 24.0 Å². The van der Waals surface area contributed by atoms with E-state index in [1.807, 2.05) is 16.8 Å². The minimum Gasteiger partial charge on any atom is -0.394 e. The Labute approximate surface area is 104 Å². The van der Waals surface area contributed by atoms with Crippen molar-refractivity contribution in [3.05, 3.63) is 18.6 Å². The van der Waals surface area contributed by atoms with Crippen LogP contribution in [0.2, 0.25) is 0 Å². The predicted molar refractivity (Wildman–Crippen MR) is 66.7 cm³/mol. The number of ether oxygens (including phenoxy) is 1. The molecule has 0 amide bonds. The quantitative estimate of drug-likeness (QED) is 0.825. The third-order valence-corrected chi connectivity index (χ3v) is 3.47. The van der Waals surface area contributed by atoms with E-state index in [1.165, 1.54) is 6.33 Å². The Hall–Kier alpha value is -1.66. The molecule has 3 atom stereocenters. The van der Waals surface area contributed by atoms with Crippen LogP contribution in [0.25, 0.3) is 11.0 Å². The van der Waals surface area contributed by atoms with Crippen LogP contribution in [-0.2, 0) is 4.74 Å².